The molecule has 136 valence electrons. The minimum atomic E-state index is -0.0366. The van der Waals surface area contributed by atoms with Crippen LogP contribution in [0.5, 0.6) is 0 Å². The molecule has 1 aliphatic rings. The summed E-state index contributed by atoms with van der Waals surface area (Å²) in [6.07, 6.45) is 1.61. The molecule has 0 unspecified atom stereocenters. The molecule has 3 rings (SSSR count). The predicted octanol–water partition coefficient (Wildman–Crippen LogP) is 3.51. The fourth-order valence-electron chi connectivity index (χ4n) is 3.08. The van der Waals surface area contributed by atoms with E-state index in [9.17, 15) is 9.59 Å². The molecule has 2 aromatic carbocycles. The van der Waals surface area contributed by atoms with E-state index >= 15 is 0 Å². The number of carbonyl (C=O) groups excluding carboxylic acids is 2. The van der Waals surface area contributed by atoms with Gasteiger partial charge in [-0.05, 0) is 43.5 Å². The molecule has 1 N–H and O–H groups in total. The van der Waals surface area contributed by atoms with Crippen molar-refractivity contribution in [3.63, 3.8) is 0 Å². The lowest BCUT2D eigenvalue weighted by molar-refractivity contribution is -0.129. The Bertz CT molecular complexity index is 756. The molecule has 0 aromatic heterocycles. The zero-order valence-electron chi connectivity index (χ0n) is 15.0. The number of nitrogens with zero attached hydrogens (tertiary/aromatic N) is 1. The van der Waals surface area contributed by atoms with Gasteiger partial charge in [0.05, 0.1) is 5.75 Å². The molecule has 0 saturated carbocycles. The molecule has 0 radical (unpaired) electrons. The molecular formula is C21H24N2O2S. The van der Waals surface area contributed by atoms with E-state index in [1.54, 1.807) is 11.8 Å². The highest BCUT2D eigenvalue weighted by Gasteiger charge is 2.24. The van der Waals surface area contributed by atoms with E-state index in [0.717, 1.165) is 17.7 Å². The van der Waals surface area contributed by atoms with Crippen molar-refractivity contribution in [3.8, 4) is 0 Å². The molecule has 1 aliphatic heterocycles. The minimum Gasteiger partial charge on any atom is -0.349 e. The van der Waals surface area contributed by atoms with E-state index in [4.69, 9.17) is 0 Å². The van der Waals surface area contributed by atoms with Gasteiger partial charge in [-0.3, -0.25) is 9.59 Å². The number of amides is 2. The summed E-state index contributed by atoms with van der Waals surface area (Å²) >= 11 is 1.60. The molecule has 0 atom stereocenters. The molecule has 1 heterocycles. The fraction of sp³-hybridized carbons (Fsp3) is 0.333. The number of piperidine rings is 1. The first-order chi connectivity index (χ1) is 12.6. The largest absolute Gasteiger partial charge is 0.349 e. The number of hydrogen-bond donors (Lipinski definition) is 1. The first-order valence-electron chi connectivity index (χ1n) is 8.95. The lowest BCUT2D eigenvalue weighted by atomic mass is 10.0. The Morgan fingerprint density at radius 1 is 1.04 bits per heavy atom. The highest BCUT2D eigenvalue weighted by Crippen LogP contribution is 2.22. The molecule has 26 heavy (non-hydrogen) atoms. The third-order valence-electron chi connectivity index (χ3n) is 4.66. The quantitative estimate of drug-likeness (QED) is 0.822. The lowest BCUT2D eigenvalue weighted by Crippen LogP contribution is -2.47. The summed E-state index contributed by atoms with van der Waals surface area (Å²) in [5, 5.41) is 3.08. The first-order valence-corrected chi connectivity index (χ1v) is 9.94. The average molecular weight is 369 g/mol. The number of carbonyl (C=O) groups is 2. The van der Waals surface area contributed by atoms with Gasteiger partial charge in [0.15, 0.2) is 0 Å². The molecule has 0 aliphatic carbocycles. The highest BCUT2D eigenvalue weighted by molar-refractivity contribution is 8.00. The molecule has 5 heteroatoms. The number of benzene rings is 2. The number of rotatable bonds is 5. The number of aryl methyl sites for hydroxylation is 1. The zero-order chi connectivity index (χ0) is 18.4. The van der Waals surface area contributed by atoms with E-state index in [1.807, 2.05) is 47.4 Å². The van der Waals surface area contributed by atoms with Crippen LogP contribution in [0.1, 0.15) is 28.8 Å². The van der Waals surface area contributed by atoms with Crippen LogP contribution in [0.15, 0.2) is 59.5 Å². The average Bonchev–Trinajstić information content (AvgIpc) is 2.68. The van der Waals surface area contributed by atoms with E-state index in [-0.39, 0.29) is 17.9 Å². The molecule has 2 amide bonds. The topological polar surface area (TPSA) is 49.4 Å². The second kappa shape index (κ2) is 8.90. The van der Waals surface area contributed by atoms with Crippen LogP contribution in [0.2, 0.25) is 0 Å². The zero-order valence-corrected chi connectivity index (χ0v) is 15.8. The van der Waals surface area contributed by atoms with Gasteiger partial charge in [-0.1, -0.05) is 36.4 Å². The van der Waals surface area contributed by atoms with Crippen LogP contribution in [0.3, 0.4) is 0 Å². The normalized spacial score (nSPS) is 14.9. The van der Waals surface area contributed by atoms with Gasteiger partial charge in [-0.2, -0.15) is 0 Å². The van der Waals surface area contributed by atoms with Gasteiger partial charge in [0.25, 0.3) is 5.91 Å². The van der Waals surface area contributed by atoms with Crippen LogP contribution in [-0.2, 0) is 4.79 Å². The van der Waals surface area contributed by atoms with Crippen LogP contribution in [0.4, 0.5) is 0 Å². The van der Waals surface area contributed by atoms with Crippen LogP contribution in [0, 0.1) is 6.92 Å². The van der Waals surface area contributed by atoms with Crippen LogP contribution < -0.4 is 5.32 Å². The maximum Gasteiger partial charge on any atom is 0.251 e. The fourth-order valence-corrected chi connectivity index (χ4v) is 4.01. The van der Waals surface area contributed by atoms with E-state index < -0.39 is 0 Å². The maximum absolute atomic E-state index is 12.5. The van der Waals surface area contributed by atoms with E-state index in [0.29, 0.717) is 24.4 Å². The highest BCUT2D eigenvalue weighted by atomic mass is 32.2. The summed E-state index contributed by atoms with van der Waals surface area (Å²) < 4.78 is 0. The smallest absolute Gasteiger partial charge is 0.251 e. The molecule has 0 spiro atoms. The Labute approximate surface area is 159 Å². The molecular weight excluding hydrogens is 344 g/mol. The lowest BCUT2D eigenvalue weighted by Gasteiger charge is -2.32. The van der Waals surface area contributed by atoms with Crippen molar-refractivity contribution >= 4 is 23.6 Å². The van der Waals surface area contributed by atoms with Gasteiger partial charge in [-0.15, -0.1) is 11.8 Å². The van der Waals surface area contributed by atoms with E-state index in [1.165, 1.54) is 5.56 Å². The first kappa shape index (κ1) is 18.5. The monoisotopic (exact) mass is 368 g/mol. The summed E-state index contributed by atoms with van der Waals surface area (Å²) in [4.78, 5) is 27.7. The van der Waals surface area contributed by atoms with Gasteiger partial charge in [0.2, 0.25) is 5.91 Å². The molecule has 2 aromatic rings. The summed E-state index contributed by atoms with van der Waals surface area (Å²) in [6, 6.07) is 17.5. The van der Waals surface area contributed by atoms with Crippen molar-refractivity contribution in [3.05, 3.63) is 65.7 Å². The van der Waals surface area contributed by atoms with Crippen LogP contribution >= 0.6 is 11.8 Å². The minimum absolute atomic E-state index is 0.0366. The Morgan fingerprint density at radius 2 is 1.69 bits per heavy atom. The van der Waals surface area contributed by atoms with Crippen LogP contribution in [-0.4, -0.2) is 41.6 Å². The summed E-state index contributed by atoms with van der Waals surface area (Å²) in [7, 11) is 0. The van der Waals surface area contributed by atoms with Crippen LogP contribution in [0.25, 0.3) is 0 Å². The molecule has 1 saturated heterocycles. The van der Waals surface area contributed by atoms with Gasteiger partial charge in [0, 0.05) is 29.6 Å². The third kappa shape index (κ3) is 4.88. The van der Waals surface area contributed by atoms with Gasteiger partial charge >= 0.3 is 0 Å². The Kier molecular flexibility index (Phi) is 6.34. The van der Waals surface area contributed by atoms with Gasteiger partial charge in [-0.25, -0.2) is 0 Å². The molecule has 4 nitrogen and oxygen atoms in total. The Balaban J connectivity index is 1.44. The number of likely N-dealkylation sites (tertiary alicyclic amines) is 1. The van der Waals surface area contributed by atoms with E-state index in [2.05, 4.69) is 24.4 Å². The molecule has 0 bridgehead atoms. The SMILES string of the molecule is Cc1ccccc1SCC(=O)N1CCC(NC(=O)c2ccccc2)CC1. The number of thioether (sulfide) groups is 1. The summed E-state index contributed by atoms with van der Waals surface area (Å²) in [5.74, 6) is 0.600. The Hall–Kier alpha value is -2.27. The predicted molar refractivity (Wildman–Crippen MR) is 105 cm³/mol. The second-order valence-corrected chi connectivity index (χ2v) is 7.57. The summed E-state index contributed by atoms with van der Waals surface area (Å²) in [5.41, 5.74) is 1.88. The third-order valence-corrected chi connectivity index (χ3v) is 5.82. The van der Waals surface area contributed by atoms with Crippen molar-refractivity contribution < 1.29 is 9.59 Å². The van der Waals surface area contributed by atoms with Crippen molar-refractivity contribution in [2.45, 2.75) is 30.7 Å². The van der Waals surface area contributed by atoms with Gasteiger partial charge in [0.1, 0.15) is 0 Å². The summed E-state index contributed by atoms with van der Waals surface area (Å²) in [6.45, 7) is 3.47. The second-order valence-electron chi connectivity index (χ2n) is 6.55. The van der Waals surface area contributed by atoms with Gasteiger partial charge < -0.3 is 10.2 Å². The van der Waals surface area contributed by atoms with Crippen molar-refractivity contribution in [1.29, 1.82) is 0 Å². The molecule has 1 fully saturated rings. The number of nitrogens with one attached hydrogen (secondary N) is 1. The van der Waals surface area contributed by atoms with Crippen molar-refractivity contribution in [1.82, 2.24) is 10.2 Å². The van der Waals surface area contributed by atoms with Crippen molar-refractivity contribution in [2.75, 3.05) is 18.8 Å². The Morgan fingerprint density at radius 3 is 2.38 bits per heavy atom. The standard InChI is InChI=1S/C21H24N2O2S/c1-16-7-5-6-10-19(16)26-15-20(24)23-13-11-18(12-14-23)22-21(25)17-8-3-2-4-9-17/h2-10,18H,11-15H2,1H3,(H,22,25). The maximum atomic E-state index is 12.5. The van der Waals surface area contributed by atoms with Crippen molar-refractivity contribution in [2.24, 2.45) is 0 Å². The number of hydrogen-bond acceptors (Lipinski definition) is 3.